The number of halogens is 1. The van der Waals surface area contributed by atoms with E-state index in [0.29, 0.717) is 17.9 Å². The van der Waals surface area contributed by atoms with Crippen molar-refractivity contribution in [3.63, 3.8) is 0 Å². The number of hydrogen-bond acceptors (Lipinski definition) is 4. The molecule has 2 amide bonds. The van der Waals surface area contributed by atoms with Crippen molar-refractivity contribution in [3.05, 3.63) is 95.3 Å². The molecule has 7 heteroatoms. The lowest BCUT2D eigenvalue weighted by Crippen LogP contribution is -2.49. The van der Waals surface area contributed by atoms with Crippen LogP contribution < -0.4 is 14.8 Å². The van der Waals surface area contributed by atoms with Gasteiger partial charge in [-0.3, -0.25) is 9.59 Å². The largest absolute Gasteiger partial charge is 0.454 e. The topological polar surface area (TPSA) is 67.9 Å². The fourth-order valence-electron chi connectivity index (χ4n) is 3.77. The van der Waals surface area contributed by atoms with E-state index in [1.54, 1.807) is 12.1 Å². The van der Waals surface area contributed by atoms with Crippen LogP contribution in [0.5, 0.6) is 11.5 Å². The molecular formula is C26H25FN2O4. The summed E-state index contributed by atoms with van der Waals surface area (Å²) in [5, 5.41) is 2.95. The van der Waals surface area contributed by atoms with Gasteiger partial charge in [-0.2, -0.15) is 0 Å². The highest BCUT2D eigenvalue weighted by Crippen LogP contribution is 2.32. The SMILES string of the molecule is CC(=O)N(Cc1ccc(F)cc1)[C@@H](Cc1ccccc1)C(=O)NCc1ccc2c(c1)OCO2. The third kappa shape index (κ3) is 5.68. The lowest BCUT2D eigenvalue weighted by atomic mass is 10.0. The van der Waals surface area contributed by atoms with E-state index in [9.17, 15) is 14.0 Å². The number of carbonyl (C=O) groups is 2. The first kappa shape index (κ1) is 22.3. The van der Waals surface area contributed by atoms with Gasteiger partial charge in [0.1, 0.15) is 11.9 Å². The molecule has 1 atom stereocenters. The average Bonchev–Trinajstić information content (AvgIpc) is 3.29. The van der Waals surface area contributed by atoms with Gasteiger partial charge in [-0.1, -0.05) is 48.5 Å². The number of benzene rings is 3. The Bertz CT molecular complexity index is 1120. The van der Waals surface area contributed by atoms with E-state index in [1.807, 2.05) is 48.5 Å². The molecule has 1 aliphatic rings. The molecule has 0 spiro atoms. The number of rotatable bonds is 8. The van der Waals surface area contributed by atoms with Crippen molar-refractivity contribution in [1.82, 2.24) is 10.2 Å². The van der Waals surface area contributed by atoms with Gasteiger partial charge in [-0.05, 0) is 41.0 Å². The third-order valence-corrected chi connectivity index (χ3v) is 5.53. The van der Waals surface area contributed by atoms with Crippen LogP contribution in [-0.4, -0.2) is 29.5 Å². The van der Waals surface area contributed by atoms with Gasteiger partial charge in [0.05, 0.1) is 0 Å². The molecule has 0 saturated carbocycles. The summed E-state index contributed by atoms with van der Waals surface area (Å²) in [4.78, 5) is 27.4. The standard InChI is InChI=1S/C26H25FN2O4/c1-18(30)29(16-20-7-10-22(27)11-8-20)23(13-19-5-3-2-4-6-19)26(31)28-15-21-9-12-24-25(14-21)33-17-32-24/h2-12,14,23H,13,15-17H2,1H3,(H,28,31)/t23-/m0/s1. The highest BCUT2D eigenvalue weighted by atomic mass is 19.1. The van der Waals surface area contributed by atoms with Crippen LogP contribution in [0.25, 0.3) is 0 Å². The minimum atomic E-state index is -0.732. The Hall–Kier alpha value is -3.87. The van der Waals surface area contributed by atoms with E-state index in [1.165, 1.54) is 24.0 Å². The maximum absolute atomic E-state index is 13.3. The van der Waals surface area contributed by atoms with Crippen molar-refractivity contribution in [2.75, 3.05) is 6.79 Å². The Kier molecular flexibility index (Phi) is 6.88. The summed E-state index contributed by atoms with van der Waals surface area (Å²) in [7, 11) is 0. The maximum atomic E-state index is 13.3. The Balaban J connectivity index is 1.53. The predicted octanol–water partition coefficient (Wildman–Crippen LogP) is 3.83. The zero-order valence-electron chi connectivity index (χ0n) is 18.3. The van der Waals surface area contributed by atoms with E-state index in [-0.39, 0.29) is 37.5 Å². The zero-order valence-corrected chi connectivity index (χ0v) is 18.3. The van der Waals surface area contributed by atoms with Crippen LogP contribution in [0.4, 0.5) is 4.39 Å². The first-order valence-electron chi connectivity index (χ1n) is 10.7. The number of fused-ring (bicyclic) bond motifs is 1. The summed E-state index contributed by atoms with van der Waals surface area (Å²) < 4.78 is 24.1. The predicted molar refractivity (Wildman–Crippen MR) is 121 cm³/mol. The normalized spacial score (nSPS) is 12.8. The van der Waals surface area contributed by atoms with Gasteiger partial charge in [0.2, 0.25) is 18.6 Å². The number of carbonyl (C=O) groups excluding carboxylic acids is 2. The highest BCUT2D eigenvalue weighted by molar-refractivity contribution is 5.87. The lowest BCUT2D eigenvalue weighted by molar-refractivity contribution is -0.139. The van der Waals surface area contributed by atoms with Crippen LogP contribution >= 0.6 is 0 Å². The molecule has 0 saturated heterocycles. The monoisotopic (exact) mass is 448 g/mol. The number of amides is 2. The first-order chi connectivity index (χ1) is 16.0. The van der Waals surface area contributed by atoms with Crippen LogP contribution in [0.1, 0.15) is 23.6 Å². The fourth-order valence-corrected chi connectivity index (χ4v) is 3.77. The minimum Gasteiger partial charge on any atom is -0.454 e. The summed E-state index contributed by atoms with van der Waals surface area (Å²) in [6.45, 7) is 2.10. The van der Waals surface area contributed by atoms with E-state index >= 15 is 0 Å². The lowest BCUT2D eigenvalue weighted by Gasteiger charge is -2.30. The Morgan fingerprint density at radius 2 is 1.64 bits per heavy atom. The first-order valence-corrected chi connectivity index (χ1v) is 10.7. The molecule has 170 valence electrons. The van der Waals surface area contributed by atoms with Gasteiger partial charge in [-0.15, -0.1) is 0 Å². The van der Waals surface area contributed by atoms with Crippen molar-refractivity contribution in [3.8, 4) is 11.5 Å². The zero-order chi connectivity index (χ0) is 23.2. The summed E-state index contributed by atoms with van der Waals surface area (Å²) in [6, 6.07) is 20.2. The summed E-state index contributed by atoms with van der Waals surface area (Å²) in [6.07, 6.45) is 0.356. The molecule has 1 aliphatic heterocycles. The molecule has 0 fully saturated rings. The second-order valence-electron chi connectivity index (χ2n) is 7.88. The van der Waals surface area contributed by atoms with Gasteiger partial charge >= 0.3 is 0 Å². The molecule has 3 aromatic carbocycles. The molecule has 1 N–H and O–H groups in total. The Morgan fingerprint density at radius 3 is 2.36 bits per heavy atom. The second-order valence-corrected chi connectivity index (χ2v) is 7.88. The van der Waals surface area contributed by atoms with Crippen LogP contribution in [0.2, 0.25) is 0 Å². The molecule has 0 unspecified atom stereocenters. The van der Waals surface area contributed by atoms with E-state index in [2.05, 4.69) is 5.32 Å². The van der Waals surface area contributed by atoms with Gasteiger partial charge < -0.3 is 19.7 Å². The van der Waals surface area contributed by atoms with Crippen molar-refractivity contribution in [1.29, 1.82) is 0 Å². The van der Waals surface area contributed by atoms with Crippen molar-refractivity contribution in [2.24, 2.45) is 0 Å². The Labute approximate surface area is 191 Å². The second kappa shape index (κ2) is 10.2. The third-order valence-electron chi connectivity index (χ3n) is 5.53. The van der Waals surface area contributed by atoms with Gasteiger partial charge in [0.25, 0.3) is 0 Å². The van der Waals surface area contributed by atoms with Crippen molar-refractivity contribution >= 4 is 11.8 Å². The number of nitrogens with one attached hydrogen (secondary N) is 1. The number of nitrogens with zero attached hydrogens (tertiary/aromatic N) is 1. The number of hydrogen-bond donors (Lipinski definition) is 1. The average molecular weight is 448 g/mol. The minimum absolute atomic E-state index is 0.182. The summed E-state index contributed by atoms with van der Waals surface area (Å²) >= 11 is 0. The van der Waals surface area contributed by atoms with Crippen LogP contribution in [0.3, 0.4) is 0 Å². The van der Waals surface area contributed by atoms with Crippen LogP contribution in [0, 0.1) is 5.82 Å². The molecular weight excluding hydrogens is 423 g/mol. The summed E-state index contributed by atoms with van der Waals surface area (Å²) in [5.41, 5.74) is 2.54. The smallest absolute Gasteiger partial charge is 0.243 e. The molecule has 0 radical (unpaired) electrons. The molecule has 0 aromatic heterocycles. The molecule has 1 heterocycles. The van der Waals surface area contributed by atoms with E-state index in [4.69, 9.17) is 9.47 Å². The molecule has 6 nitrogen and oxygen atoms in total. The fraction of sp³-hybridized carbons (Fsp3) is 0.231. The molecule has 0 aliphatic carbocycles. The quantitative estimate of drug-likeness (QED) is 0.569. The molecule has 33 heavy (non-hydrogen) atoms. The van der Waals surface area contributed by atoms with Gasteiger partial charge in [-0.25, -0.2) is 4.39 Å². The van der Waals surface area contributed by atoms with Crippen molar-refractivity contribution < 1.29 is 23.5 Å². The molecule has 3 aromatic rings. The van der Waals surface area contributed by atoms with Crippen LogP contribution in [0.15, 0.2) is 72.8 Å². The Morgan fingerprint density at radius 1 is 0.939 bits per heavy atom. The van der Waals surface area contributed by atoms with Crippen LogP contribution in [-0.2, 0) is 29.1 Å². The maximum Gasteiger partial charge on any atom is 0.243 e. The van der Waals surface area contributed by atoms with Gasteiger partial charge in [0.15, 0.2) is 11.5 Å². The number of ether oxygens (including phenoxy) is 2. The van der Waals surface area contributed by atoms with Crippen molar-refractivity contribution in [2.45, 2.75) is 32.5 Å². The molecule has 4 rings (SSSR count). The highest BCUT2D eigenvalue weighted by Gasteiger charge is 2.28. The van der Waals surface area contributed by atoms with Gasteiger partial charge in [0, 0.05) is 26.4 Å². The summed E-state index contributed by atoms with van der Waals surface area (Å²) in [5.74, 6) is 0.459. The van der Waals surface area contributed by atoms with E-state index < -0.39 is 6.04 Å². The molecule has 0 bridgehead atoms. The van der Waals surface area contributed by atoms with E-state index in [0.717, 1.165) is 16.7 Å².